The van der Waals surface area contributed by atoms with Crippen LogP contribution in [0.4, 0.5) is 0 Å². The van der Waals surface area contributed by atoms with Crippen LogP contribution in [0.15, 0.2) is 12.8 Å². The van der Waals surface area contributed by atoms with Crippen LogP contribution in [0.25, 0.3) is 6.20 Å². The highest BCUT2D eigenvalue weighted by Crippen LogP contribution is 2.12. The largest absolute Gasteiger partial charge is 0.230 e. The smallest absolute Gasteiger partial charge is 0.135 e. The molecule has 0 atom stereocenters. The highest BCUT2D eigenvalue weighted by molar-refractivity contribution is 6.30. The van der Waals surface area contributed by atoms with Gasteiger partial charge in [0.25, 0.3) is 0 Å². The summed E-state index contributed by atoms with van der Waals surface area (Å²) in [5, 5.41) is 4.53. The van der Waals surface area contributed by atoms with Crippen LogP contribution in [0.5, 0.6) is 0 Å². The second-order valence-electron chi connectivity index (χ2n) is 1.75. The van der Waals surface area contributed by atoms with E-state index in [1.54, 1.807) is 12.4 Å². The van der Waals surface area contributed by atoms with E-state index in [1.807, 2.05) is 6.92 Å². The van der Waals surface area contributed by atoms with Crippen LogP contribution in [-0.4, -0.2) is 9.78 Å². The van der Waals surface area contributed by atoms with Crippen LogP contribution in [0, 0.1) is 6.92 Å². The molecule has 0 unspecified atom stereocenters. The minimum absolute atomic E-state index is 0.630. The van der Waals surface area contributed by atoms with Crippen molar-refractivity contribution in [1.29, 1.82) is 0 Å². The average Bonchev–Trinajstić information content (AvgIpc) is 2.15. The molecule has 48 valence electrons. The summed E-state index contributed by atoms with van der Waals surface area (Å²) in [4.78, 5) is 0. The molecule has 0 amide bonds. The highest BCUT2D eigenvalue weighted by Gasteiger charge is 1.98. The third-order valence-corrected chi connectivity index (χ3v) is 1.55. The van der Waals surface area contributed by atoms with E-state index in [0.29, 0.717) is 5.15 Å². The van der Waals surface area contributed by atoms with E-state index in [0.717, 1.165) is 5.56 Å². The summed E-state index contributed by atoms with van der Waals surface area (Å²) < 4.78 is 1.52. The molecule has 1 rings (SSSR count). The van der Waals surface area contributed by atoms with Crippen molar-refractivity contribution in [3.05, 3.63) is 23.5 Å². The summed E-state index contributed by atoms with van der Waals surface area (Å²) in [5.41, 5.74) is 0.969. The predicted octanol–water partition coefficient (Wildman–Crippen LogP) is 1.95. The summed E-state index contributed by atoms with van der Waals surface area (Å²) in [5.74, 6) is 0. The number of aryl methyl sites for hydroxylation is 1. The Morgan fingerprint density at radius 3 is 2.78 bits per heavy atom. The molecule has 0 spiro atoms. The zero-order chi connectivity index (χ0) is 6.85. The summed E-state index contributed by atoms with van der Waals surface area (Å²) in [6, 6.07) is 0. The average molecular weight is 143 g/mol. The van der Waals surface area contributed by atoms with Crippen molar-refractivity contribution in [2.45, 2.75) is 6.92 Å². The third-order valence-electron chi connectivity index (χ3n) is 1.08. The molecular weight excluding hydrogens is 136 g/mol. The number of aromatic nitrogens is 2. The Morgan fingerprint density at radius 2 is 2.56 bits per heavy atom. The quantitative estimate of drug-likeness (QED) is 0.586. The second kappa shape index (κ2) is 2.23. The first-order valence-electron chi connectivity index (χ1n) is 2.58. The van der Waals surface area contributed by atoms with Gasteiger partial charge in [-0.05, 0) is 6.92 Å². The second-order valence-corrected chi connectivity index (χ2v) is 2.10. The number of nitrogens with zero attached hydrogens (tertiary/aromatic N) is 2. The Balaban J connectivity index is 3.18. The molecule has 9 heavy (non-hydrogen) atoms. The predicted molar refractivity (Wildman–Crippen MR) is 38.4 cm³/mol. The minimum Gasteiger partial charge on any atom is -0.230 e. The first kappa shape index (κ1) is 6.36. The van der Waals surface area contributed by atoms with Crippen LogP contribution in [0.2, 0.25) is 5.15 Å². The van der Waals surface area contributed by atoms with E-state index in [2.05, 4.69) is 11.7 Å². The first-order chi connectivity index (χ1) is 4.25. The van der Waals surface area contributed by atoms with Gasteiger partial charge in [0, 0.05) is 11.8 Å². The molecule has 3 heteroatoms. The molecule has 0 saturated carbocycles. The van der Waals surface area contributed by atoms with Gasteiger partial charge in [-0.15, -0.1) is 0 Å². The van der Waals surface area contributed by atoms with Crippen LogP contribution in [0.3, 0.4) is 0 Å². The zero-order valence-corrected chi connectivity index (χ0v) is 5.89. The molecule has 1 aromatic rings. The molecule has 0 aliphatic carbocycles. The summed E-state index contributed by atoms with van der Waals surface area (Å²) in [6.45, 7) is 5.42. The van der Waals surface area contributed by atoms with E-state index in [-0.39, 0.29) is 0 Å². The Morgan fingerprint density at radius 1 is 1.89 bits per heavy atom. The number of rotatable bonds is 1. The molecule has 0 aliphatic rings. The van der Waals surface area contributed by atoms with Crippen molar-refractivity contribution < 1.29 is 0 Å². The standard InChI is InChI=1S/C6H7ClN2/c1-3-9-6(7)5(2)4-8-9/h3-4H,1H2,2H3. The lowest BCUT2D eigenvalue weighted by Crippen LogP contribution is -1.85. The van der Waals surface area contributed by atoms with Gasteiger partial charge >= 0.3 is 0 Å². The monoisotopic (exact) mass is 142 g/mol. The molecule has 1 aromatic heterocycles. The van der Waals surface area contributed by atoms with Crippen molar-refractivity contribution >= 4 is 17.8 Å². The lowest BCUT2D eigenvalue weighted by molar-refractivity contribution is 0.937. The Labute approximate surface area is 58.7 Å². The highest BCUT2D eigenvalue weighted by atomic mass is 35.5. The van der Waals surface area contributed by atoms with E-state index in [4.69, 9.17) is 11.6 Å². The molecule has 0 aromatic carbocycles. The van der Waals surface area contributed by atoms with E-state index in [9.17, 15) is 0 Å². The minimum atomic E-state index is 0.630. The normalized spacial score (nSPS) is 9.56. The van der Waals surface area contributed by atoms with Crippen molar-refractivity contribution in [3.8, 4) is 0 Å². The topological polar surface area (TPSA) is 17.8 Å². The maximum Gasteiger partial charge on any atom is 0.135 e. The van der Waals surface area contributed by atoms with Gasteiger partial charge < -0.3 is 0 Å². The molecule has 0 fully saturated rings. The van der Waals surface area contributed by atoms with Crippen LogP contribution < -0.4 is 0 Å². The van der Waals surface area contributed by atoms with Gasteiger partial charge in [-0.1, -0.05) is 18.2 Å². The lowest BCUT2D eigenvalue weighted by Gasteiger charge is -1.89. The van der Waals surface area contributed by atoms with Crippen LogP contribution >= 0.6 is 11.6 Å². The Bertz CT molecular complexity index is 227. The summed E-state index contributed by atoms with van der Waals surface area (Å²) in [7, 11) is 0. The third kappa shape index (κ3) is 0.980. The molecule has 0 bridgehead atoms. The van der Waals surface area contributed by atoms with E-state index < -0.39 is 0 Å². The van der Waals surface area contributed by atoms with Gasteiger partial charge in [0.2, 0.25) is 0 Å². The maximum absolute atomic E-state index is 5.74. The zero-order valence-electron chi connectivity index (χ0n) is 5.13. The fourth-order valence-corrected chi connectivity index (χ4v) is 0.722. The van der Waals surface area contributed by atoms with Gasteiger partial charge in [-0.3, -0.25) is 0 Å². The molecule has 0 N–H and O–H groups in total. The lowest BCUT2D eigenvalue weighted by atomic mass is 10.4. The Kier molecular flexibility index (Phi) is 1.58. The molecule has 0 radical (unpaired) electrons. The van der Waals surface area contributed by atoms with Crippen molar-refractivity contribution in [1.82, 2.24) is 9.78 Å². The molecular formula is C6H7ClN2. The fourth-order valence-electron chi connectivity index (χ4n) is 0.561. The van der Waals surface area contributed by atoms with Gasteiger partial charge in [0.15, 0.2) is 0 Å². The van der Waals surface area contributed by atoms with E-state index in [1.165, 1.54) is 4.68 Å². The molecule has 0 aliphatic heterocycles. The first-order valence-corrected chi connectivity index (χ1v) is 2.95. The number of halogens is 1. The Hall–Kier alpha value is -0.760. The van der Waals surface area contributed by atoms with Crippen molar-refractivity contribution in [2.75, 3.05) is 0 Å². The molecule has 0 saturated heterocycles. The van der Waals surface area contributed by atoms with Crippen molar-refractivity contribution in [3.63, 3.8) is 0 Å². The molecule has 1 heterocycles. The van der Waals surface area contributed by atoms with Gasteiger partial charge in [0.05, 0.1) is 6.20 Å². The van der Waals surface area contributed by atoms with Gasteiger partial charge in [0.1, 0.15) is 5.15 Å². The van der Waals surface area contributed by atoms with Gasteiger partial charge in [-0.25, -0.2) is 4.68 Å². The fraction of sp³-hybridized carbons (Fsp3) is 0.167. The summed E-state index contributed by atoms with van der Waals surface area (Å²) in [6.07, 6.45) is 3.26. The number of hydrogen-bond acceptors (Lipinski definition) is 1. The van der Waals surface area contributed by atoms with E-state index >= 15 is 0 Å². The summed E-state index contributed by atoms with van der Waals surface area (Å²) >= 11 is 5.74. The SMILES string of the molecule is C=Cn1ncc(C)c1Cl. The van der Waals surface area contributed by atoms with Crippen LogP contribution in [-0.2, 0) is 0 Å². The van der Waals surface area contributed by atoms with Crippen molar-refractivity contribution in [2.24, 2.45) is 0 Å². The van der Waals surface area contributed by atoms with Gasteiger partial charge in [-0.2, -0.15) is 5.10 Å². The van der Waals surface area contributed by atoms with Crippen LogP contribution in [0.1, 0.15) is 5.56 Å². The maximum atomic E-state index is 5.74. The molecule has 2 nitrogen and oxygen atoms in total. The number of hydrogen-bond donors (Lipinski definition) is 0.